The number of benzene rings is 6. The summed E-state index contributed by atoms with van der Waals surface area (Å²) in [6.07, 6.45) is 1.75. The van der Waals surface area contributed by atoms with E-state index in [1.54, 1.807) is 6.20 Å². The lowest BCUT2D eigenvalue weighted by Gasteiger charge is -2.13. The lowest BCUT2D eigenvalue weighted by atomic mass is 9.93. The van der Waals surface area contributed by atoms with E-state index in [4.69, 9.17) is 28.8 Å². The summed E-state index contributed by atoms with van der Waals surface area (Å²) in [6.45, 7) is 0. The SMILES string of the molecule is c1ccc(-c2nc(-c3cccc4c(-c5cccc6oc7ccccc7c56)cccc34)nc(-c3nccc4oc5ccccc5c34)n2)cc1. The van der Waals surface area contributed by atoms with Crippen molar-refractivity contribution >= 4 is 54.6 Å². The Hall–Kier alpha value is -6.66. The van der Waals surface area contributed by atoms with Gasteiger partial charge in [0.15, 0.2) is 17.5 Å². The summed E-state index contributed by atoms with van der Waals surface area (Å²) in [7, 11) is 0. The number of fused-ring (bicyclic) bond motifs is 7. The molecular formula is C42H24N4O2. The summed E-state index contributed by atoms with van der Waals surface area (Å²) in [5, 5.41) is 6.18. The molecule has 0 atom stereocenters. The molecule has 6 nitrogen and oxygen atoms in total. The zero-order valence-electron chi connectivity index (χ0n) is 25.5. The van der Waals surface area contributed by atoms with E-state index in [9.17, 15) is 0 Å². The van der Waals surface area contributed by atoms with E-state index >= 15 is 0 Å². The third-order valence-electron chi connectivity index (χ3n) is 9.02. The van der Waals surface area contributed by atoms with Gasteiger partial charge in [0, 0.05) is 33.5 Å². The number of pyridine rings is 1. The van der Waals surface area contributed by atoms with Crippen molar-refractivity contribution in [1.82, 2.24) is 19.9 Å². The molecule has 0 saturated carbocycles. The van der Waals surface area contributed by atoms with Crippen molar-refractivity contribution in [1.29, 1.82) is 0 Å². The van der Waals surface area contributed by atoms with E-state index < -0.39 is 0 Å². The van der Waals surface area contributed by atoms with E-state index in [0.717, 1.165) is 76.9 Å². The maximum Gasteiger partial charge on any atom is 0.183 e. The Labute approximate surface area is 274 Å². The van der Waals surface area contributed by atoms with E-state index in [1.807, 2.05) is 78.9 Å². The van der Waals surface area contributed by atoms with Crippen LogP contribution in [0.15, 0.2) is 155 Å². The van der Waals surface area contributed by atoms with Crippen molar-refractivity contribution in [2.45, 2.75) is 0 Å². The molecule has 4 heterocycles. The molecule has 0 N–H and O–H groups in total. The summed E-state index contributed by atoms with van der Waals surface area (Å²) in [5.74, 6) is 1.63. The molecule has 0 spiro atoms. The van der Waals surface area contributed by atoms with Gasteiger partial charge in [-0.15, -0.1) is 0 Å². The maximum absolute atomic E-state index is 6.24. The van der Waals surface area contributed by atoms with Gasteiger partial charge in [0.1, 0.15) is 28.0 Å². The molecule has 0 saturated heterocycles. The van der Waals surface area contributed by atoms with Crippen LogP contribution < -0.4 is 0 Å². The van der Waals surface area contributed by atoms with Gasteiger partial charge in [0.25, 0.3) is 0 Å². The van der Waals surface area contributed by atoms with Gasteiger partial charge >= 0.3 is 0 Å². The maximum atomic E-state index is 6.24. The Kier molecular flexibility index (Phi) is 5.77. The van der Waals surface area contributed by atoms with Crippen LogP contribution in [0.4, 0.5) is 0 Å². The molecule has 0 bridgehead atoms. The Morgan fingerprint density at radius 2 is 0.896 bits per heavy atom. The summed E-state index contributed by atoms with van der Waals surface area (Å²) >= 11 is 0. The summed E-state index contributed by atoms with van der Waals surface area (Å²) in [4.78, 5) is 20.0. The van der Waals surface area contributed by atoms with Gasteiger partial charge in [0.05, 0.1) is 5.39 Å². The predicted octanol–water partition coefficient (Wildman–Crippen LogP) is 10.9. The third-order valence-corrected chi connectivity index (χ3v) is 9.02. The molecule has 0 aliphatic heterocycles. The van der Waals surface area contributed by atoms with Crippen molar-refractivity contribution in [3.05, 3.63) is 146 Å². The van der Waals surface area contributed by atoms with Crippen LogP contribution in [0, 0.1) is 0 Å². The molecule has 224 valence electrons. The van der Waals surface area contributed by atoms with Crippen molar-refractivity contribution in [3.8, 4) is 45.4 Å². The third kappa shape index (κ3) is 4.06. The lowest BCUT2D eigenvalue weighted by molar-refractivity contribution is 0.668. The number of rotatable bonds is 4. The van der Waals surface area contributed by atoms with Gasteiger partial charge in [-0.25, -0.2) is 15.0 Å². The van der Waals surface area contributed by atoms with E-state index in [-0.39, 0.29) is 0 Å². The number of hydrogen-bond acceptors (Lipinski definition) is 6. The minimum atomic E-state index is 0.485. The quantitative estimate of drug-likeness (QED) is 0.196. The molecule has 6 aromatic carbocycles. The topological polar surface area (TPSA) is 77.8 Å². The predicted molar refractivity (Wildman–Crippen MR) is 191 cm³/mol. The molecule has 0 aliphatic rings. The zero-order chi connectivity index (χ0) is 31.6. The first kappa shape index (κ1) is 26.5. The molecule has 0 amide bonds. The van der Waals surface area contributed by atoms with Crippen LogP contribution in [-0.2, 0) is 0 Å². The van der Waals surface area contributed by atoms with Crippen molar-refractivity contribution < 1.29 is 8.83 Å². The van der Waals surface area contributed by atoms with Crippen LogP contribution in [0.3, 0.4) is 0 Å². The molecule has 4 aromatic heterocycles. The number of para-hydroxylation sites is 2. The highest BCUT2D eigenvalue weighted by Crippen LogP contribution is 2.41. The fraction of sp³-hybridized carbons (Fsp3) is 0. The zero-order valence-corrected chi connectivity index (χ0v) is 25.5. The molecular weight excluding hydrogens is 592 g/mol. The Morgan fingerprint density at radius 3 is 1.69 bits per heavy atom. The van der Waals surface area contributed by atoms with Crippen LogP contribution in [0.1, 0.15) is 0 Å². The largest absolute Gasteiger partial charge is 0.456 e. The van der Waals surface area contributed by atoms with Crippen molar-refractivity contribution in [2.24, 2.45) is 0 Å². The van der Waals surface area contributed by atoms with Crippen LogP contribution in [-0.4, -0.2) is 19.9 Å². The number of aromatic nitrogens is 4. The second-order valence-electron chi connectivity index (χ2n) is 11.8. The number of nitrogens with zero attached hydrogens (tertiary/aromatic N) is 4. The molecule has 48 heavy (non-hydrogen) atoms. The van der Waals surface area contributed by atoms with Crippen LogP contribution in [0.2, 0.25) is 0 Å². The molecule has 0 aliphatic carbocycles. The van der Waals surface area contributed by atoms with Gasteiger partial charge in [-0.3, -0.25) is 4.98 Å². The first-order chi connectivity index (χ1) is 23.8. The Balaban J connectivity index is 1.23. The standard InChI is InChI=1S/C42H24N4O2/c1-2-11-25(12-3-1)40-44-41(46-42(45-40)39-38-32-14-5-7-21-34(32)48-36(38)23-24-43-39)30-19-9-15-26-27(16-8-17-28(26)30)29-18-10-22-35-37(29)31-13-4-6-20-33(31)47-35/h1-24H. The van der Waals surface area contributed by atoms with Gasteiger partial charge in [-0.1, -0.05) is 115 Å². The highest BCUT2D eigenvalue weighted by molar-refractivity contribution is 6.16. The van der Waals surface area contributed by atoms with E-state index in [0.29, 0.717) is 23.2 Å². The highest BCUT2D eigenvalue weighted by Gasteiger charge is 2.20. The van der Waals surface area contributed by atoms with Gasteiger partial charge < -0.3 is 8.83 Å². The van der Waals surface area contributed by atoms with E-state index in [1.165, 1.54) is 0 Å². The first-order valence-corrected chi connectivity index (χ1v) is 15.8. The summed E-state index contributed by atoms with van der Waals surface area (Å²) in [6, 6.07) is 47.0. The smallest absolute Gasteiger partial charge is 0.183 e. The normalized spacial score (nSPS) is 11.8. The van der Waals surface area contributed by atoms with Gasteiger partial charge in [-0.2, -0.15) is 0 Å². The second kappa shape index (κ2) is 10.4. The summed E-state index contributed by atoms with van der Waals surface area (Å²) in [5.41, 5.74) is 7.95. The van der Waals surface area contributed by atoms with Crippen LogP contribution >= 0.6 is 0 Å². The number of furan rings is 2. The highest BCUT2D eigenvalue weighted by atomic mass is 16.3. The molecule has 0 radical (unpaired) electrons. The average molecular weight is 617 g/mol. The Morgan fingerprint density at radius 1 is 0.354 bits per heavy atom. The van der Waals surface area contributed by atoms with Crippen molar-refractivity contribution in [2.75, 3.05) is 0 Å². The van der Waals surface area contributed by atoms with Crippen molar-refractivity contribution in [3.63, 3.8) is 0 Å². The second-order valence-corrected chi connectivity index (χ2v) is 11.8. The lowest BCUT2D eigenvalue weighted by Crippen LogP contribution is -2.02. The van der Waals surface area contributed by atoms with Crippen LogP contribution in [0.5, 0.6) is 0 Å². The first-order valence-electron chi connectivity index (χ1n) is 15.8. The minimum Gasteiger partial charge on any atom is -0.456 e. The van der Waals surface area contributed by atoms with Gasteiger partial charge in [-0.05, 0) is 46.2 Å². The monoisotopic (exact) mass is 616 g/mol. The summed E-state index contributed by atoms with van der Waals surface area (Å²) < 4.78 is 12.4. The fourth-order valence-electron chi connectivity index (χ4n) is 6.90. The van der Waals surface area contributed by atoms with Crippen LogP contribution in [0.25, 0.3) is 100 Å². The number of hydrogen-bond donors (Lipinski definition) is 0. The van der Waals surface area contributed by atoms with E-state index in [2.05, 4.69) is 60.7 Å². The molecule has 0 fully saturated rings. The fourth-order valence-corrected chi connectivity index (χ4v) is 6.90. The molecule has 10 aromatic rings. The Bertz CT molecular complexity index is 2850. The van der Waals surface area contributed by atoms with Gasteiger partial charge in [0.2, 0.25) is 0 Å². The average Bonchev–Trinajstić information content (AvgIpc) is 3.73. The molecule has 10 rings (SSSR count). The molecule has 6 heteroatoms. The minimum absolute atomic E-state index is 0.485. The molecule has 0 unspecified atom stereocenters.